The second-order valence-corrected chi connectivity index (χ2v) is 24.2. The van der Waals surface area contributed by atoms with E-state index in [1.807, 2.05) is 0 Å². The molecular formula is C70H88N7O4+3. The highest BCUT2D eigenvalue weighted by Crippen LogP contribution is 2.40. The Balaban J connectivity index is 1.20. The largest absolute Gasteiger partial charge is 0.494 e. The average Bonchev–Trinajstić information content (AvgIpc) is 4.32. The number of quaternary nitrogens is 3. The van der Waals surface area contributed by atoms with Gasteiger partial charge in [-0.15, -0.1) is 0 Å². The number of nitrogens with one attached hydrogen (secondary N) is 3. The van der Waals surface area contributed by atoms with Crippen LogP contribution in [0.2, 0.25) is 0 Å². The van der Waals surface area contributed by atoms with Crippen molar-refractivity contribution in [2.24, 2.45) is 0 Å². The van der Waals surface area contributed by atoms with Gasteiger partial charge in [0.05, 0.1) is 125 Å². The Hall–Kier alpha value is -7.44. The Bertz CT molecular complexity index is 3390. The van der Waals surface area contributed by atoms with Gasteiger partial charge < -0.3 is 42.8 Å². The molecule has 81 heavy (non-hydrogen) atoms. The molecule has 2 aliphatic heterocycles. The van der Waals surface area contributed by atoms with Crippen molar-refractivity contribution in [3.63, 3.8) is 0 Å². The van der Waals surface area contributed by atoms with Crippen molar-refractivity contribution >= 4 is 46.4 Å². The molecule has 0 saturated carbocycles. The monoisotopic (exact) mass is 1090 g/mol. The molecule has 0 amide bonds. The van der Waals surface area contributed by atoms with Crippen LogP contribution in [-0.4, -0.2) is 131 Å². The van der Waals surface area contributed by atoms with E-state index < -0.39 is 0 Å². The second kappa shape index (κ2) is 27.3. The summed E-state index contributed by atoms with van der Waals surface area (Å²) in [6.07, 6.45) is 20.2. The lowest BCUT2D eigenvalue weighted by molar-refractivity contribution is -0.870. The zero-order valence-electron chi connectivity index (χ0n) is 49.8. The van der Waals surface area contributed by atoms with Crippen LogP contribution >= 0.6 is 0 Å². The zero-order valence-corrected chi connectivity index (χ0v) is 49.8. The predicted molar refractivity (Wildman–Crippen MR) is 338 cm³/mol. The smallest absolute Gasteiger partial charge is 0.119 e. The third-order valence-corrected chi connectivity index (χ3v) is 14.9. The van der Waals surface area contributed by atoms with Crippen molar-refractivity contribution in [3.05, 3.63) is 144 Å². The lowest BCUT2D eigenvalue weighted by Crippen LogP contribution is -3.05. The van der Waals surface area contributed by atoms with Crippen LogP contribution in [0.15, 0.2) is 121 Å². The summed E-state index contributed by atoms with van der Waals surface area (Å²) in [7, 11) is 17.6. The van der Waals surface area contributed by atoms with Crippen molar-refractivity contribution in [1.29, 1.82) is 0 Å². The number of benzene rings is 4. The Kier molecular flexibility index (Phi) is 19.7. The van der Waals surface area contributed by atoms with Gasteiger partial charge in [-0.1, -0.05) is 94.0 Å². The van der Waals surface area contributed by atoms with Crippen molar-refractivity contribution in [2.45, 2.75) is 71.1 Å². The molecule has 0 atom stereocenters. The summed E-state index contributed by atoms with van der Waals surface area (Å²) in [6, 6.07) is 42.6. The molecule has 0 saturated heterocycles. The van der Waals surface area contributed by atoms with Gasteiger partial charge in [0.2, 0.25) is 0 Å². The van der Waals surface area contributed by atoms with Crippen molar-refractivity contribution < 1.29 is 32.8 Å². The van der Waals surface area contributed by atoms with Gasteiger partial charge in [-0.25, -0.2) is 9.97 Å². The molecule has 3 N–H and O–H groups in total. The third kappa shape index (κ3) is 16.2. The van der Waals surface area contributed by atoms with Gasteiger partial charge in [0, 0.05) is 63.6 Å². The van der Waals surface area contributed by atoms with Gasteiger partial charge in [0.15, 0.2) is 0 Å². The van der Waals surface area contributed by atoms with Gasteiger partial charge in [-0.3, -0.25) is 0 Å². The van der Waals surface area contributed by atoms with Crippen LogP contribution in [0, 0.1) is 0 Å². The van der Waals surface area contributed by atoms with Crippen LogP contribution in [0.1, 0.15) is 93.9 Å². The number of nitrogens with zero attached hydrogens (tertiary/aromatic N) is 4. The molecule has 0 radical (unpaired) electrons. The maximum absolute atomic E-state index is 6.33. The van der Waals surface area contributed by atoms with E-state index in [2.05, 4.69) is 219 Å². The van der Waals surface area contributed by atoms with Crippen molar-refractivity contribution in [1.82, 2.24) is 19.9 Å². The number of aromatic amines is 2. The number of H-pyrrole nitrogens is 2. The quantitative estimate of drug-likeness (QED) is 0.0334. The van der Waals surface area contributed by atoms with E-state index in [-0.39, 0.29) is 0 Å². The van der Waals surface area contributed by atoms with E-state index in [4.69, 9.17) is 28.9 Å². The molecular weight excluding hydrogens is 1000 g/mol. The summed E-state index contributed by atoms with van der Waals surface area (Å²) in [5.74, 6) is 3.40. The maximum Gasteiger partial charge on any atom is 0.119 e. The minimum Gasteiger partial charge on any atom is -0.494 e. The fraction of sp³-hybridized carbons (Fsp3) is 0.371. The lowest BCUT2D eigenvalue weighted by Gasteiger charge is -2.23. The van der Waals surface area contributed by atoms with Gasteiger partial charge in [0.1, 0.15) is 23.0 Å². The van der Waals surface area contributed by atoms with E-state index in [1.54, 1.807) is 0 Å². The van der Waals surface area contributed by atoms with Crippen LogP contribution in [0.3, 0.4) is 0 Å². The Morgan fingerprint density at radius 2 is 0.642 bits per heavy atom. The molecule has 11 heteroatoms. The lowest BCUT2D eigenvalue weighted by atomic mass is 10.0. The molecule has 4 aromatic carbocycles. The van der Waals surface area contributed by atoms with E-state index in [9.17, 15) is 0 Å². The summed E-state index contributed by atoms with van der Waals surface area (Å²) < 4.78 is 27.0. The highest BCUT2D eigenvalue weighted by Gasteiger charge is 2.20. The summed E-state index contributed by atoms with van der Waals surface area (Å²) >= 11 is 0. The zero-order chi connectivity index (χ0) is 56.8. The molecule has 5 heterocycles. The minimum atomic E-state index is 0.655. The molecule has 0 fully saturated rings. The summed E-state index contributed by atoms with van der Waals surface area (Å²) in [5.41, 5.74) is 15.1. The van der Waals surface area contributed by atoms with Gasteiger partial charge >= 0.3 is 0 Å². The molecule has 2 aliphatic rings. The summed E-state index contributed by atoms with van der Waals surface area (Å²) in [5, 5.41) is 0. The molecule has 7 aromatic rings. The fourth-order valence-electron chi connectivity index (χ4n) is 10.6. The number of hydrogen-bond donors (Lipinski definition) is 3. The Morgan fingerprint density at radius 3 is 0.938 bits per heavy atom. The molecule has 0 spiro atoms. The first-order chi connectivity index (χ1) is 39.2. The van der Waals surface area contributed by atoms with E-state index in [0.717, 1.165) is 167 Å². The molecule has 0 unspecified atom stereocenters. The molecule has 424 valence electrons. The number of unbranched alkanes of at least 4 members (excludes halogenated alkanes) is 6. The third-order valence-electron chi connectivity index (χ3n) is 14.9. The number of hydrogen-bond acceptors (Lipinski definition) is 6. The predicted octanol–water partition coefficient (Wildman–Crippen LogP) is 14.3. The van der Waals surface area contributed by atoms with Crippen molar-refractivity contribution in [2.75, 3.05) is 102 Å². The van der Waals surface area contributed by atoms with Crippen LogP contribution in [0.4, 0.5) is 0 Å². The topological polar surface area (TPSA) is 98.7 Å². The number of fused-ring (bicyclic) bond motifs is 8. The molecule has 3 aromatic heterocycles. The summed E-state index contributed by atoms with van der Waals surface area (Å²) in [6.45, 7) is 8.07. The first-order valence-corrected chi connectivity index (χ1v) is 29.7. The number of aromatic nitrogens is 4. The van der Waals surface area contributed by atoms with Crippen molar-refractivity contribution in [3.8, 4) is 67.5 Å². The number of ether oxygens (including phenoxy) is 4. The highest BCUT2D eigenvalue weighted by molar-refractivity contribution is 6.00. The van der Waals surface area contributed by atoms with Gasteiger partial charge in [0.25, 0.3) is 0 Å². The first kappa shape index (κ1) is 58.2. The average molecular weight is 1090 g/mol. The van der Waals surface area contributed by atoms with Crippen LogP contribution in [-0.2, 0) is 0 Å². The Morgan fingerprint density at radius 1 is 0.358 bits per heavy atom. The van der Waals surface area contributed by atoms with Gasteiger partial charge in [-0.05, 0) is 126 Å². The fourth-order valence-corrected chi connectivity index (χ4v) is 10.6. The SMILES string of the molecule is CCCCCCCCCOc1ccc(-c2c3nc(c(-c4ccc(OCCC[N+](C)(C)C)cc4)c4ccc([nH]4)c(-c4ccc(OCCC[N+](C)(C)C)cc4)c4nc(c(-c5ccc(OCCC[NH+](C)C)cc5)c5ccc2[nH]5)C=C4)C=C3)cc1. The second-order valence-electron chi connectivity index (χ2n) is 24.2. The normalized spacial score (nSPS) is 12.4. The number of rotatable bonds is 28. The van der Waals surface area contributed by atoms with Crippen LogP contribution in [0.25, 0.3) is 90.9 Å². The van der Waals surface area contributed by atoms with Crippen LogP contribution < -0.4 is 23.8 Å². The van der Waals surface area contributed by atoms with E-state index in [1.165, 1.54) is 43.4 Å². The van der Waals surface area contributed by atoms with E-state index >= 15 is 0 Å². The first-order valence-electron chi connectivity index (χ1n) is 29.7. The minimum absolute atomic E-state index is 0.655. The van der Waals surface area contributed by atoms with Crippen LogP contribution in [0.5, 0.6) is 23.0 Å². The van der Waals surface area contributed by atoms with E-state index in [0.29, 0.717) is 26.4 Å². The standard InChI is InChI=1S/C70H87N7O4/c1-10-11-12-13-14-15-16-47-78-55-28-20-51(21-29-55)67-59-36-38-61(71-59)68(52-22-30-56(31-23-52)79-48-17-44-75(2)3)62-39-41-64(73-62)70(54-26-34-58(35-27-54)81-50-19-46-77(7,8)9)66-43-42-65(74-66)69(63-40-37-60(67)72-63)53-24-32-57(33-25-53)80-49-18-45-76(4,5)6/h20-43,71,74H,10-19,44-50H2,1-9H3/q+2/p+1. The maximum atomic E-state index is 6.33. The molecule has 11 nitrogen and oxygen atoms in total. The van der Waals surface area contributed by atoms with Gasteiger partial charge in [-0.2, -0.15) is 0 Å². The Labute approximate surface area is 482 Å². The molecule has 0 aliphatic carbocycles. The molecule has 8 bridgehead atoms. The highest BCUT2D eigenvalue weighted by atomic mass is 16.5. The summed E-state index contributed by atoms with van der Waals surface area (Å²) in [4.78, 5) is 20.4. The molecule has 9 rings (SSSR count).